The summed E-state index contributed by atoms with van der Waals surface area (Å²) in [5.41, 5.74) is 1.22. The highest BCUT2D eigenvalue weighted by atomic mass is 32.1. The molecule has 1 aromatic carbocycles. The first-order chi connectivity index (χ1) is 9.20. The Hall–Kier alpha value is -1.65. The number of nitrogens with one attached hydrogen (secondary N) is 1. The van der Waals surface area contributed by atoms with Gasteiger partial charge in [0, 0.05) is 16.3 Å². The number of thiophene rings is 1. The number of ether oxygens (including phenoxy) is 1. The summed E-state index contributed by atoms with van der Waals surface area (Å²) < 4.78 is 4.68. The van der Waals surface area contributed by atoms with Crippen LogP contribution in [0.2, 0.25) is 0 Å². The quantitative estimate of drug-likeness (QED) is 0.852. The molecule has 100 valence electrons. The van der Waals surface area contributed by atoms with E-state index in [1.807, 2.05) is 18.2 Å². The second-order valence-corrected chi connectivity index (χ2v) is 5.43. The third-order valence-electron chi connectivity index (χ3n) is 2.86. The lowest BCUT2D eigenvalue weighted by molar-refractivity contribution is -0.142. The van der Waals surface area contributed by atoms with E-state index in [0.717, 1.165) is 0 Å². The third kappa shape index (κ3) is 3.66. The van der Waals surface area contributed by atoms with Crippen molar-refractivity contribution in [2.45, 2.75) is 19.5 Å². The summed E-state index contributed by atoms with van der Waals surface area (Å²) in [5.74, 6) is -0.236. The molecule has 2 rings (SSSR count). The maximum atomic E-state index is 11.3. The summed E-state index contributed by atoms with van der Waals surface area (Å²) >= 11 is 1.73. The monoisotopic (exact) mass is 275 g/mol. The van der Waals surface area contributed by atoms with E-state index in [4.69, 9.17) is 0 Å². The van der Waals surface area contributed by atoms with E-state index >= 15 is 0 Å². The predicted octanol–water partition coefficient (Wildman–Crippen LogP) is 3.07. The van der Waals surface area contributed by atoms with Crippen LogP contribution in [-0.2, 0) is 16.1 Å². The summed E-state index contributed by atoms with van der Waals surface area (Å²) in [6.45, 7) is 2.48. The van der Waals surface area contributed by atoms with Crippen LogP contribution >= 0.6 is 11.3 Å². The Morgan fingerprint density at radius 1 is 1.26 bits per heavy atom. The van der Waals surface area contributed by atoms with Crippen LogP contribution in [-0.4, -0.2) is 19.1 Å². The van der Waals surface area contributed by atoms with Crippen LogP contribution in [0.1, 0.15) is 11.8 Å². The smallest absolute Gasteiger partial charge is 0.322 e. The minimum atomic E-state index is -0.285. The first kappa shape index (κ1) is 13.8. The zero-order valence-electron chi connectivity index (χ0n) is 11.1. The lowest BCUT2D eigenvalue weighted by Gasteiger charge is -2.09. The number of hydrogen-bond acceptors (Lipinski definition) is 4. The minimum Gasteiger partial charge on any atom is -0.468 e. The number of carbonyl (C=O) groups excluding carboxylic acids is 1. The maximum Gasteiger partial charge on any atom is 0.322 e. The fourth-order valence-corrected chi connectivity index (χ4v) is 2.71. The molecule has 0 amide bonds. The average molecular weight is 275 g/mol. The number of rotatable bonds is 5. The molecule has 0 bridgehead atoms. The Morgan fingerprint density at radius 2 is 2.00 bits per heavy atom. The number of methoxy groups -OCH3 is 1. The van der Waals surface area contributed by atoms with Crippen molar-refractivity contribution in [1.82, 2.24) is 5.32 Å². The molecule has 1 heterocycles. The van der Waals surface area contributed by atoms with Gasteiger partial charge in [0.05, 0.1) is 7.11 Å². The summed E-state index contributed by atoms with van der Waals surface area (Å²) in [7, 11) is 1.40. The normalized spacial score (nSPS) is 12.1. The van der Waals surface area contributed by atoms with E-state index in [9.17, 15) is 4.79 Å². The molecule has 2 aromatic rings. The fourth-order valence-electron chi connectivity index (χ4n) is 1.74. The molecule has 1 N–H and O–H groups in total. The summed E-state index contributed by atoms with van der Waals surface area (Å²) in [5, 5.41) is 3.15. The van der Waals surface area contributed by atoms with E-state index in [1.165, 1.54) is 22.4 Å². The van der Waals surface area contributed by atoms with Crippen LogP contribution in [0.3, 0.4) is 0 Å². The van der Waals surface area contributed by atoms with Gasteiger partial charge >= 0.3 is 5.97 Å². The molecule has 0 spiro atoms. The van der Waals surface area contributed by atoms with Gasteiger partial charge in [-0.15, -0.1) is 11.3 Å². The molecule has 0 radical (unpaired) electrons. The predicted molar refractivity (Wildman–Crippen MR) is 78.1 cm³/mol. The number of hydrogen-bond donors (Lipinski definition) is 1. The molecule has 0 saturated heterocycles. The van der Waals surface area contributed by atoms with E-state index < -0.39 is 0 Å². The van der Waals surface area contributed by atoms with Crippen molar-refractivity contribution in [3.63, 3.8) is 0 Å². The molecule has 1 aromatic heterocycles. The molecule has 0 aliphatic heterocycles. The highest BCUT2D eigenvalue weighted by molar-refractivity contribution is 7.15. The largest absolute Gasteiger partial charge is 0.468 e. The number of carbonyl (C=O) groups is 1. The SMILES string of the molecule is COC(=O)[C@H](C)NCc1ccc(-c2ccccc2)s1. The molecule has 4 heteroatoms. The maximum absolute atomic E-state index is 11.3. The van der Waals surface area contributed by atoms with Crippen LogP contribution in [0.4, 0.5) is 0 Å². The molecule has 0 saturated carbocycles. The molecule has 3 nitrogen and oxygen atoms in total. The first-order valence-electron chi connectivity index (χ1n) is 6.16. The van der Waals surface area contributed by atoms with Gasteiger partial charge in [0.15, 0.2) is 0 Å². The Labute approximate surface area is 117 Å². The highest BCUT2D eigenvalue weighted by Crippen LogP contribution is 2.27. The van der Waals surface area contributed by atoms with Gasteiger partial charge in [0.25, 0.3) is 0 Å². The molecule has 0 unspecified atom stereocenters. The van der Waals surface area contributed by atoms with Crippen LogP contribution in [0.15, 0.2) is 42.5 Å². The van der Waals surface area contributed by atoms with Gasteiger partial charge in [-0.1, -0.05) is 30.3 Å². The lowest BCUT2D eigenvalue weighted by atomic mass is 10.2. The average Bonchev–Trinajstić information content (AvgIpc) is 2.93. The molecular weight excluding hydrogens is 258 g/mol. The van der Waals surface area contributed by atoms with E-state index in [1.54, 1.807) is 18.3 Å². The van der Waals surface area contributed by atoms with E-state index in [-0.39, 0.29) is 12.0 Å². The van der Waals surface area contributed by atoms with Crippen LogP contribution in [0.25, 0.3) is 10.4 Å². The van der Waals surface area contributed by atoms with E-state index in [0.29, 0.717) is 6.54 Å². The van der Waals surface area contributed by atoms with Crippen LogP contribution in [0.5, 0.6) is 0 Å². The fraction of sp³-hybridized carbons (Fsp3) is 0.267. The molecule has 19 heavy (non-hydrogen) atoms. The van der Waals surface area contributed by atoms with Gasteiger partial charge in [0.1, 0.15) is 6.04 Å². The van der Waals surface area contributed by atoms with Gasteiger partial charge in [-0.05, 0) is 24.6 Å². The standard InChI is InChI=1S/C15H17NO2S/c1-11(15(17)18-2)16-10-13-8-9-14(19-13)12-6-4-3-5-7-12/h3-9,11,16H,10H2,1-2H3/t11-/m0/s1. The van der Waals surface area contributed by atoms with Gasteiger partial charge in [-0.25, -0.2) is 0 Å². The Morgan fingerprint density at radius 3 is 2.68 bits per heavy atom. The summed E-state index contributed by atoms with van der Waals surface area (Å²) in [6.07, 6.45) is 0. The van der Waals surface area contributed by atoms with Gasteiger partial charge in [-0.3, -0.25) is 10.1 Å². The minimum absolute atomic E-state index is 0.236. The van der Waals surface area contributed by atoms with Gasteiger partial charge in [0.2, 0.25) is 0 Å². The van der Waals surface area contributed by atoms with Gasteiger partial charge in [-0.2, -0.15) is 0 Å². The van der Waals surface area contributed by atoms with Crippen molar-refractivity contribution in [1.29, 1.82) is 0 Å². The lowest BCUT2D eigenvalue weighted by Crippen LogP contribution is -2.34. The van der Waals surface area contributed by atoms with Crippen molar-refractivity contribution < 1.29 is 9.53 Å². The Kier molecular flexibility index (Phi) is 4.71. The molecule has 0 fully saturated rings. The first-order valence-corrected chi connectivity index (χ1v) is 6.97. The topological polar surface area (TPSA) is 38.3 Å². The van der Waals surface area contributed by atoms with Crippen molar-refractivity contribution in [2.75, 3.05) is 7.11 Å². The van der Waals surface area contributed by atoms with Crippen LogP contribution < -0.4 is 5.32 Å². The van der Waals surface area contributed by atoms with Crippen molar-refractivity contribution in [3.05, 3.63) is 47.3 Å². The molecule has 0 aliphatic rings. The van der Waals surface area contributed by atoms with E-state index in [2.05, 4.69) is 34.3 Å². The molecule has 0 aliphatic carbocycles. The molecule has 1 atom stereocenters. The van der Waals surface area contributed by atoms with Crippen molar-refractivity contribution in [2.24, 2.45) is 0 Å². The highest BCUT2D eigenvalue weighted by Gasteiger charge is 2.12. The Balaban J connectivity index is 1.97. The van der Waals surface area contributed by atoms with Crippen molar-refractivity contribution in [3.8, 4) is 10.4 Å². The van der Waals surface area contributed by atoms with Gasteiger partial charge < -0.3 is 4.74 Å². The zero-order chi connectivity index (χ0) is 13.7. The number of benzene rings is 1. The second kappa shape index (κ2) is 6.50. The van der Waals surface area contributed by atoms with Crippen molar-refractivity contribution >= 4 is 17.3 Å². The number of esters is 1. The Bertz CT molecular complexity index is 536. The zero-order valence-corrected chi connectivity index (χ0v) is 11.9. The molecular formula is C15H17NO2S. The third-order valence-corrected chi connectivity index (χ3v) is 3.99. The second-order valence-electron chi connectivity index (χ2n) is 4.26. The summed E-state index contributed by atoms with van der Waals surface area (Å²) in [4.78, 5) is 13.7. The van der Waals surface area contributed by atoms with Crippen LogP contribution in [0, 0.1) is 0 Å². The summed E-state index contributed by atoms with van der Waals surface area (Å²) in [6, 6.07) is 14.2.